The summed E-state index contributed by atoms with van der Waals surface area (Å²) in [5.41, 5.74) is 0.376. The van der Waals surface area contributed by atoms with Gasteiger partial charge in [-0.2, -0.15) is 0 Å². The van der Waals surface area contributed by atoms with Crippen molar-refractivity contribution >= 4 is 23.2 Å². The van der Waals surface area contributed by atoms with Gasteiger partial charge in [0.1, 0.15) is 0 Å². The zero-order chi connectivity index (χ0) is 14.9. The Morgan fingerprint density at radius 2 is 1.24 bits per heavy atom. The molecule has 4 fully saturated rings. The van der Waals surface area contributed by atoms with Crippen molar-refractivity contribution in [1.82, 2.24) is 0 Å². The SMILES string of the molecule is CC1(OC2(C)CC3CCC2(CCl)C3)CC2CCC1(CCl)C2. The van der Waals surface area contributed by atoms with Gasteiger partial charge in [0, 0.05) is 22.6 Å². The summed E-state index contributed by atoms with van der Waals surface area (Å²) in [6.07, 6.45) is 10.2. The van der Waals surface area contributed by atoms with Gasteiger partial charge >= 0.3 is 0 Å². The minimum atomic E-state index is -0.0318. The van der Waals surface area contributed by atoms with Gasteiger partial charge in [0.2, 0.25) is 0 Å². The van der Waals surface area contributed by atoms with Crippen LogP contribution in [0.4, 0.5) is 0 Å². The maximum atomic E-state index is 7.03. The number of halogens is 2. The van der Waals surface area contributed by atoms with Gasteiger partial charge in [-0.3, -0.25) is 0 Å². The number of fused-ring (bicyclic) bond motifs is 4. The van der Waals surface area contributed by atoms with Crippen molar-refractivity contribution in [2.45, 2.75) is 76.4 Å². The summed E-state index contributed by atoms with van der Waals surface area (Å²) in [7, 11) is 0. The fourth-order valence-corrected chi connectivity index (χ4v) is 7.69. The van der Waals surface area contributed by atoms with Gasteiger partial charge in [-0.05, 0) is 77.0 Å². The third kappa shape index (κ3) is 1.81. The van der Waals surface area contributed by atoms with E-state index in [0.717, 1.165) is 23.6 Å². The van der Waals surface area contributed by atoms with E-state index < -0.39 is 0 Å². The van der Waals surface area contributed by atoms with Crippen LogP contribution in [0.3, 0.4) is 0 Å². The molecule has 1 nitrogen and oxygen atoms in total. The molecule has 4 aliphatic carbocycles. The van der Waals surface area contributed by atoms with Crippen LogP contribution in [0.1, 0.15) is 65.2 Å². The summed E-state index contributed by atoms with van der Waals surface area (Å²) in [5.74, 6) is 3.19. The lowest BCUT2D eigenvalue weighted by molar-refractivity contribution is -0.224. The zero-order valence-corrected chi connectivity index (χ0v) is 14.9. The number of alkyl halides is 2. The van der Waals surface area contributed by atoms with E-state index >= 15 is 0 Å². The second kappa shape index (κ2) is 4.54. The van der Waals surface area contributed by atoms with E-state index in [2.05, 4.69) is 13.8 Å². The second-order valence-electron chi connectivity index (χ2n) is 9.02. The van der Waals surface area contributed by atoms with Crippen molar-refractivity contribution in [2.75, 3.05) is 11.8 Å². The summed E-state index contributed by atoms with van der Waals surface area (Å²) in [6, 6.07) is 0. The van der Waals surface area contributed by atoms with Gasteiger partial charge in [0.05, 0.1) is 11.2 Å². The van der Waals surface area contributed by atoms with Crippen molar-refractivity contribution in [3.8, 4) is 0 Å². The molecule has 6 atom stereocenters. The highest BCUT2D eigenvalue weighted by Gasteiger charge is 2.66. The molecule has 0 N–H and O–H groups in total. The number of hydrogen-bond acceptors (Lipinski definition) is 1. The van der Waals surface area contributed by atoms with Crippen molar-refractivity contribution < 1.29 is 4.74 Å². The van der Waals surface area contributed by atoms with E-state index in [1.807, 2.05) is 0 Å². The molecule has 0 amide bonds. The topological polar surface area (TPSA) is 9.23 Å². The first-order chi connectivity index (χ1) is 9.90. The lowest BCUT2D eigenvalue weighted by Crippen LogP contribution is -2.56. The van der Waals surface area contributed by atoms with Crippen molar-refractivity contribution in [2.24, 2.45) is 22.7 Å². The summed E-state index contributed by atoms with van der Waals surface area (Å²) >= 11 is 12.9. The molecule has 0 heterocycles. The Morgan fingerprint density at radius 1 is 0.810 bits per heavy atom. The lowest BCUT2D eigenvalue weighted by Gasteiger charge is -2.53. The summed E-state index contributed by atoms with van der Waals surface area (Å²) in [5, 5.41) is 0. The molecular formula is C18H28Cl2O. The van der Waals surface area contributed by atoms with Gasteiger partial charge in [0.25, 0.3) is 0 Å². The van der Waals surface area contributed by atoms with Crippen LogP contribution in [-0.4, -0.2) is 23.0 Å². The molecule has 0 aromatic heterocycles. The monoisotopic (exact) mass is 330 g/mol. The fourth-order valence-electron chi connectivity index (χ4n) is 6.64. The molecule has 0 radical (unpaired) electrons. The molecule has 4 bridgehead atoms. The molecule has 4 rings (SSSR count). The van der Waals surface area contributed by atoms with Crippen molar-refractivity contribution in [3.05, 3.63) is 0 Å². The minimum absolute atomic E-state index is 0.0318. The largest absolute Gasteiger partial charge is 0.368 e. The molecule has 0 aliphatic heterocycles. The molecular weight excluding hydrogens is 303 g/mol. The Labute approximate surface area is 139 Å². The van der Waals surface area contributed by atoms with Crippen LogP contribution in [0.25, 0.3) is 0 Å². The average Bonchev–Trinajstić information content (AvgIpc) is 3.14. The van der Waals surface area contributed by atoms with Crippen LogP contribution >= 0.6 is 23.2 Å². The highest BCUT2D eigenvalue weighted by Crippen LogP contribution is 2.67. The average molecular weight is 331 g/mol. The quantitative estimate of drug-likeness (QED) is 0.629. The van der Waals surface area contributed by atoms with E-state index in [4.69, 9.17) is 27.9 Å². The molecule has 0 aromatic carbocycles. The summed E-state index contributed by atoms with van der Waals surface area (Å²) < 4.78 is 7.03. The Morgan fingerprint density at radius 3 is 1.57 bits per heavy atom. The predicted octanol–water partition coefficient (Wildman–Crippen LogP) is 5.38. The molecule has 0 spiro atoms. The molecule has 120 valence electrons. The van der Waals surface area contributed by atoms with Crippen molar-refractivity contribution in [3.63, 3.8) is 0 Å². The third-order valence-corrected chi connectivity index (χ3v) is 9.01. The standard InChI is InChI=1S/C18H28Cl2O/c1-15(7-13-3-5-17(15,9-13)11-19)21-16(2)8-14-4-6-18(16,10-14)12-20/h13-14H,3-12H2,1-2H3. The van der Waals surface area contributed by atoms with E-state index in [-0.39, 0.29) is 22.0 Å². The van der Waals surface area contributed by atoms with Gasteiger partial charge in [-0.25, -0.2) is 0 Å². The molecule has 4 saturated carbocycles. The lowest BCUT2D eigenvalue weighted by atomic mass is 9.69. The predicted molar refractivity (Wildman–Crippen MR) is 88.1 cm³/mol. The highest BCUT2D eigenvalue weighted by atomic mass is 35.5. The summed E-state index contributed by atoms with van der Waals surface area (Å²) in [4.78, 5) is 0. The van der Waals surface area contributed by atoms with Crippen LogP contribution in [0.2, 0.25) is 0 Å². The molecule has 6 unspecified atom stereocenters. The van der Waals surface area contributed by atoms with E-state index in [1.165, 1.54) is 51.4 Å². The van der Waals surface area contributed by atoms with E-state index in [9.17, 15) is 0 Å². The van der Waals surface area contributed by atoms with Gasteiger partial charge in [-0.15, -0.1) is 23.2 Å². The smallest absolute Gasteiger partial charge is 0.0732 e. The van der Waals surface area contributed by atoms with Crippen LogP contribution in [0.5, 0.6) is 0 Å². The Balaban J connectivity index is 1.64. The molecule has 3 heteroatoms. The number of ether oxygens (including phenoxy) is 1. The highest BCUT2D eigenvalue weighted by molar-refractivity contribution is 6.18. The second-order valence-corrected chi connectivity index (χ2v) is 9.55. The van der Waals surface area contributed by atoms with Gasteiger partial charge < -0.3 is 4.74 Å². The Bertz CT molecular complexity index is 414. The van der Waals surface area contributed by atoms with Crippen LogP contribution in [0.15, 0.2) is 0 Å². The first-order valence-corrected chi connectivity index (χ1v) is 9.79. The fraction of sp³-hybridized carbons (Fsp3) is 1.00. The number of rotatable bonds is 4. The Hall–Kier alpha value is 0.540. The molecule has 0 aromatic rings. The summed E-state index contributed by atoms with van der Waals surface area (Å²) in [6.45, 7) is 4.71. The first kappa shape index (κ1) is 15.1. The van der Waals surface area contributed by atoms with E-state index in [0.29, 0.717) is 0 Å². The van der Waals surface area contributed by atoms with Crippen LogP contribution in [-0.2, 0) is 4.74 Å². The Kier molecular flexibility index (Phi) is 3.27. The molecule has 4 aliphatic rings. The normalized spacial score (nSPS) is 58.3. The first-order valence-electron chi connectivity index (χ1n) is 8.72. The van der Waals surface area contributed by atoms with Crippen LogP contribution in [0, 0.1) is 22.7 Å². The number of hydrogen-bond donors (Lipinski definition) is 0. The van der Waals surface area contributed by atoms with Crippen LogP contribution < -0.4 is 0 Å². The third-order valence-electron chi connectivity index (χ3n) is 7.98. The minimum Gasteiger partial charge on any atom is -0.368 e. The zero-order valence-electron chi connectivity index (χ0n) is 13.4. The van der Waals surface area contributed by atoms with Gasteiger partial charge in [-0.1, -0.05) is 0 Å². The molecule has 0 saturated heterocycles. The van der Waals surface area contributed by atoms with Crippen molar-refractivity contribution in [1.29, 1.82) is 0 Å². The maximum absolute atomic E-state index is 7.03. The van der Waals surface area contributed by atoms with Gasteiger partial charge in [0.15, 0.2) is 0 Å². The molecule has 21 heavy (non-hydrogen) atoms. The maximum Gasteiger partial charge on any atom is 0.0732 e. The van der Waals surface area contributed by atoms with E-state index in [1.54, 1.807) is 0 Å².